The summed E-state index contributed by atoms with van der Waals surface area (Å²) in [6.07, 6.45) is -0.372. The number of carbonyl (C=O) groups is 2. The Morgan fingerprint density at radius 3 is 2.60 bits per heavy atom. The summed E-state index contributed by atoms with van der Waals surface area (Å²) in [6, 6.07) is 0.223. The highest BCUT2D eigenvalue weighted by atomic mass is 32.2. The largest absolute Gasteiger partial charge is 0.481 e. The zero-order valence-corrected chi connectivity index (χ0v) is 12.0. The number of carbonyl (C=O) groups excluding carboxylic acids is 1. The molecule has 0 spiro atoms. The number of rotatable bonds is 6. The smallest absolute Gasteiger partial charge is 0.341 e. The van der Waals surface area contributed by atoms with Crippen molar-refractivity contribution in [3.05, 3.63) is 17.4 Å². The van der Waals surface area contributed by atoms with E-state index in [4.69, 9.17) is 9.52 Å². The first-order chi connectivity index (χ1) is 9.17. The molecule has 0 saturated carbocycles. The molecule has 1 unspecified atom stereocenters. The molecule has 1 rings (SSSR count). The lowest BCUT2D eigenvalue weighted by Gasteiger charge is -2.09. The Morgan fingerprint density at radius 2 is 2.10 bits per heavy atom. The van der Waals surface area contributed by atoms with E-state index in [1.54, 1.807) is 0 Å². The van der Waals surface area contributed by atoms with Crippen LogP contribution < -0.4 is 4.72 Å². The van der Waals surface area contributed by atoms with Gasteiger partial charge in [0, 0.05) is 12.1 Å². The van der Waals surface area contributed by atoms with E-state index in [0.717, 1.165) is 13.2 Å². The molecular weight excluding hydrogens is 290 g/mol. The Balaban J connectivity index is 2.99. The van der Waals surface area contributed by atoms with Gasteiger partial charge in [0.2, 0.25) is 5.09 Å². The van der Waals surface area contributed by atoms with Gasteiger partial charge in [0.25, 0.3) is 10.0 Å². The molecule has 1 heterocycles. The second-order valence-electron chi connectivity index (χ2n) is 4.15. The van der Waals surface area contributed by atoms with Crippen LogP contribution in [0.15, 0.2) is 15.6 Å². The van der Waals surface area contributed by atoms with Crippen LogP contribution in [0.4, 0.5) is 0 Å². The summed E-state index contributed by atoms with van der Waals surface area (Å²) in [7, 11) is -2.87. The summed E-state index contributed by atoms with van der Waals surface area (Å²) < 4.78 is 35.5. The SMILES string of the molecule is COC(=O)c1cc(S(=O)(=O)NC(C)CC(=O)O)oc1C. The second kappa shape index (κ2) is 6.06. The first kappa shape index (κ1) is 16.2. The number of furan rings is 1. The molecule has 112 valence electrons. The van der Waals surface area contributed by atoms with Crippen molar-refractivity contribution in [3.63, 3.8) is 0 Å². The van der Waals surface area contributed by atoms with E-state index in [9.17, 15) is 18.0 Å². The van der Waals surface area contributed by atoms with Gasteiger partial charge in [-0.15, -0.1) is 0 Å². The number of nitrogens with one attached hydrogen (secondary N) is 1. The Kier molecular flexibility index (Phi) is 4.90. The van der Waals surface area contributed by atoms with Gasteiger partial charge >= 0.3 is 11.9 Å². The fraction of sp³-hybridized carbons (Fsp3) is 0.455. The van der Waals surface area contributed by atoms with Gasteiger partial charge in [-0.3, -0.25) is 4.79 Å². The van der Waals surface area contributed by atoms with Crippen LogP contribution in [0, 0.1) is 6.92 Å². The van der Waals surface area contributed by atoms with E-state index in [1.165, 1.54) is 13.8 Å². The van der Waals surface area contributed by atoms with Crippen molar-refractivity contribution >= 4 is 22.0 Å². The number of carboxylic acids is 1. The maximum atomic E-state index is 12.0. The van der Waals surface area contributed by atoms with Crippen molar-refractivity contribution in [2.24, 2.45) is 0 Å². The van der Waals surface area contributed by atoms with Gasteiger partial charge in [-0.05, 0) is 13.8 Å². The standard InChI is InChI=1S/C11H15NO7S/c1-6(4-9(13)14)12-20(16,17)10-5-8(7(2)19-10)11(15)18-3/h5-6,12H,4H2,1-3H3,(H,13,14). The van der Waals surface area contributed by atoms with E-state index < -0.39 is 33.1 Å². The van der Waals surface area contributed by atoms with Crippen LogP contribution in [-0.4, -0.2) is 38.6 Å². The Hall–Kier alpha value is -1.87. The maximum absolute atomic E-state index is 12.0. The van der Waals surface area contributed by atoms with Gasteiger partial charge in [-0.2, -0.15) is 0 Å². The molecule has 0 aliphatic rings. The molecule has 0 radical (unpaired) electrons. The number of aliphatic carboxylic acids is 1. The summed E-state index contributed by atoms with van der Waals surface area (Å²) in [4.78, 5) is 21.9. The Bertz CT molecular complexity index is 617. The number of hydrogen-bond acceptors (Lipinski definition) is 6. The quantitative estimate of drug-likeness (QED) is 0.734. The average molecular weight is 305 g/mol. The Morgan fingerprint density at radius 1 is 1.50 bits per heavy atom. The van der Waals surface area contributed by atoms with Crippen LogP contribution in [0.5, 0.6) is 0 Å². The van der Waals surface area contributed by atoms with Crippen LogP contribution in [-0.2, 0) is 19.6 Å². The minimum Gasteiger partial charge on any atom is -0.481 e. The number of methoxy groups -OCH3 is 1. The van der Waals surface area contributed by atoms with Crippen LogP contribution in [0.25, 0.3) is 0 Å². The third-order valence-electron chi connectivity index (χ3n) is 2.40. The predicted octanol–water partition coefficient (Wildman–Crippen LogP) is 0.516. The van der Waals surface area contributed by atoms with E-state index in [-0.39, 0.29) is 17.7 Å². The molecular formula is C11H15NO7S. The fourth-order valence-corrected chi connectivity index (χ4v) is 2.76. The van der Waals surface area contributed by atoms with Crippen molar-refractivity contribution in [3.8, 4) is 0 Å². The molecule has 9 heteroatoms. The summed E-state index contributed by atoms with van der Waals surface area (Å²) in [5, 5.41) is 8.12. The lowest BCUT2D eigenvalue weighted by Crippen LogP contribution is -2.34. The number of carboxylic acid groups (broad SMARTS) is 1. The molecule has 1 atom stereocenters. The molecule has 0 aromatic carbocycles. The van der Waals surface area contributed by atoms with Gasteiger partial charge in [-0.1, -0.05) is 0 Å². The lowest BCUT2D eigenvalue weighted by atomic mass is 10.3. The third kappa shape index (κ3) is 3.81. The second-order valence-corrected chi connectivity index (χ2v) is 5.79. The highest BCUT2D eigenvalue weighted by Gasteiger charge is 2.26. The van der Waals surface area contributed by atoms with Gasteiger partial charge < -0.3 is 14.3 Å². The van der Waals surface area contributed by atoms with Crippen LogP contribution in [0.3, 0.4) is 0 Å². The molecule has 0 saturated heterocycles. The highest BCUT2D eigenvalue weighted by Crippen LogP contribution is 2.20. The summed E-state index contributed by atoms with van der Waals surface area (Å²) in [5.74, 6) is -1.75. The van der Waals surface area contributed by atoms with Crippen molar-refractivity contribution < 1.29 is 32.3 Å². The van der Waals surface area contributed by atoms with Crippen LogP contribution in [0.1, 0.15) is 29.5 Å². The third-order valence-corrected chi connectivity index (χ3v) is 3.85. The summed E-state index contributed by atoms with van der Waals surface area (Å²) in [6.45, 7) is 2.83. The van der Waals surface area contributed by atoms with Gasteiger partial charge in [0.15, 0.2) is 0 Å². The van der Waals surface area contributed by atoms with Gasteiger partial charge in [0.1, 0.15) is 11.3 Å². The molecule has 0 aliphatic carbocycles. The normalized spacial score (nSPS) is 12.9. The minimum absolute atomic E-state index is 0.00115. The monoisotopic (exact) mass is 305 g/mol. The number of ether oxygens (including phenoxy) is 1. The van der Waals surface area contributed by atoms with Crippen molar-refractivity contribution in [1.82, 2.24) is 4.72 Å². The topological polar surface area (TPSA) is 123 Å². The predicted molar refractivity (Wildman–Crippen MR) is 66.8 cm³/mol. The van der Waals surface area contributed by atoms with Crippen molar-refractivity contribution in [2.45, 2.75) is 31.4 Å². The highest BCUT2D eigenvalue weighted by molar-refractivity contribution is 7.89. The molecule has 0 amide bonds. The average Bonchev–Trinajstić information content (AvgIpc) is 2.69. The molecule has 0 bridgehead atoms. The lowest BCUT2D eigenvalue weighted by molar-refractivity contribution is -0.137. The molecule has 0 aliphatic heterocycles. The van der Waals surface area contributed by atoms with E-state index in [2.05, 4.69) is 9.46 Å². The molecule has 1 aromatic heterocycles. The zero-order chi connectivity index (χ0) is 15.5. The molecule has 20 heavy (non-hydrogen) atoms. The zero-order valence-electron chi connectivity index (χ0n) is 11.2. The number of hydrogen-bond donors (Lipinski definition) is 2. The minimum atomic E-state index is -4.04. The van der Waals surface area contributed by atoms with Gasteiger partial charge in [0.05, 0.1) is 13.5 Å². The van der Waals surface area contributed by atoms with Gasteiger partial charge in [-0.25, -0.2) is 17.9 Å². The molecule has 2 N–H and O–H groups in total. The summed E-state index contributed by atoms with van der Waals surface area (Å²) >= 11 is 0. The van der Waals surface area contributed by atoms with Crippen molar-refractivity contribution in [2.75, 3.05) is 7.11 Å². The maximum Gasteiger partial charge on any atom is 0.341 e. The van der Waals surface area contributed by atoms with E-state index in [1.807, 2.05) is 0 Å². The number of esters is 1. The molecule has 0 fully saturated rings. The van der Waals surface area contributed by atoms with Crippen LogP contribution in [0.2, 0.25) is 0 Å². The Labute approximate surface area is 115 Å². The fourth-order valence-electron chi connectivity index (χ4n) is 1.53. The number of sulfonamides is 1. The van der Waals surface area contributed by atoms with E-state index >= 15 is 0 Å². The van der Waals surface area contributed by atoms with Crippen LogP contribution >= 0.6 is 0 Å². The number of aryl methyl sites for hydroxylation is 1. The summed E-state index contributed by atoms with van der Waals surface area (Å²) in [5.41, 5.74) is -0.00115. The molecule has 1 aromatic rings. The van der Waals surface area contributed by atoms with Crippen molar-refractivity contribution in [1.29, 1.82) is 0 Å². The first-order valence-electron chi connectivity index (χ1n) is 5.60. The first-order valence-corrected chi connectivity index (χ1v) is 7.08. The van der Waals surface area contributed by atoms with E-state index in [0.29, 0.717) is 0 Å². The molecule has 8 nitrogen and oxygen atoms in total.